The van der Waals surface area contributed by atoms with E-state index in [9.17, 15) is 9.59 Å². The minimum atomic E-state index is -0.446. The van der Waals surface area contributed by atoms with Crippen LogP contribution in [-0.2, 0) is 14.3 Å². The number of rotatable bonds is 7. The fourth-order valence-corrected chi connectivity index (χ4v) is 1.52. The number of methoxy groups -OCH3 is 1. The first kappa shape index (κ1) is 17.0. The zero-order valence-electron chi connectivity index (χ0n) is 12.9. The van der Waals surface area contributed by atoms with Gasteiger partial charge in [-0.05, 0) is 25.1 Å². The molecule has 0 fully saturated rings. The van der Waals surface area contributed by atoms with Gasteiger partial charge in [0.15, 0.2) is 6.29 Å². The van der Waals surface area contributed by atoms with Crippen molar-refractivity contribution in [2.24, 2.45) is 0 Å². The van der Waals surface area contributed by atoms with E-state index in [0.29, 0.717) is 30.0 Å². The molecule has 0 heterocycles. The van der Waals surface area contributed by atoms with E-state index in [4.69, 9.17) is 9.47 Å². The van der Waals surface area contributed by atoms with Crippen molar-refractivity contribution in [2.75, 3.05) is 17.7 Å². The summed E-state index contributed by atoms with van der Waals surface area (Å²) in [6.07, 6.45) is 0.291. The Hall–Kier alpha value is -2.08. The molecule has 2 amide bonds. The highest BCUT2D eigenvalue weighted by Gasteiger charge is 2.12. The molecule has 116 valence electrons. The van der Waals surface area contributed by atoms with E-state index in [2.05, 4.69) is 10.6 Å². The number of hydrogen-bond acceptors (Lipinski definition) is 4. The van der Waals surface area contributed by atoms with Gasteiger partial charge in [0.05, 0.1) is 5.69 Å². The fraction of sp³-hybridized carbons (Fsp3) is 0.467. The van der Waals surface area contributed by atoms with Gasteiger partial charge in [-0.2, -0.15) is 0 Å². The Morgan fingerprint density at radius 1 is 1.14 bits per heavy atom. The summed E-state index contributed by atoms with van der Waals surface area (Å²) in [5.41, 5.74) is 1.10. The Balaban J connectivity index is 3.00. The van der Waals surface area contributed by atoms with Gasteiger partial charge in [-0.25, -0.2) is 0 Å². The molecule has 2 N–H and O–H groups in total. The standard InChI is InChI=1S/C15H22N2O4/c1-5-14(18)16-11-7-8-13(21-10(3)20-4)12(9-11)17-15(19)6-2/h7-10H,5-6H2,1-4H3,(H,16,18)(H,17,19). The van der Waals surface area contributed by atoms with Crippen LogP contribution in [0.15, 0.2) is 18.2 Å². The smallest absolute Gasteiger partial charge is 0.224 e. The Morgan fingerprint density at radius 2 is 1.76 bits per heavy atom. The fourth-order valence-electron chi connectivity index (χ4n) is 1.52. The minimum absolute atomic E-state index is 0.0957. The van der Waals surface area contributed by atoms with E-state index in [0.717, 1.165) is 0 Å². The van der Waals surface area contributed by atoms with Crippen LogP contribution in [0.1, 0.15) is 33.6 Å². The molecule has 0 spiro atoms. The molecule has 0 aliphatic carbocycles. The molecule has 0 aliphatic rings. The first-order valence-electron chi connectivity index (χ1n) is 6.93. The lowest BCUT2D eigenvalue weighted by atomic mass is 10.2. The molecular weight excluding hydrogens is 272 g/mol. The first-order chi connectivity index (χ1) is 9.99. The van der Waals surface area contributed by atoms with Crippen LogP contribution in [0.3, 0.4) is 0 Å². The van der Waals surface area contributed by atoms with Crippen molar-refractivity contribution in [3.63, 3.8) is 0 Å². The number of nitrogens with one attached hydrogen (secondary N) is 2. The quantitative estimate of drug-likeness (QED) is 0.758. The summed E-state index contributed by atoms with van der Waals surface area (Å²) < 4.78 is 10.6. The van der Waals surface area contributed by atoms with Gasteiger partial charge in [0, 0.05) is 25.6 Å². The molecule has 6 nitrogen and oxygen atoms in total. The Bertz CT molecular complexity index is 502. The maximum Gasteiger partial charge on any atom is 0.224 e. The average Bonchev–Trinajstić information content (AvgIpc) is 2.49. The lowest BCUT2D eigenvalue weighted by Gasteiger charge is -2.17. The summed E-state index contributed by atoms with van der Waals surface area (Å²) in [5.74, 6) is 0.256. The minimum Gasteiger partial charge on any atom is -0.463 e. The maximum atomic E-state index is 11.6. The van der Waals surface area contributed by atoms with E-state index < -0.39 is 6.29 Å². The normalized spacial score (nSPS) is 11.6. The van der Waals surface area contributed by atoms with Crippen LogP contribution in [0.25, 0.3) is 0 Å². The van der Waals surface area contributed by atoms with Gasteiger partial charge in [-0.3, -0.25) is 9.59 Å². The second-order valence-corrected chi connectivity index (χ2v) is 4.44. The van der Waals surface area contributed by atoms with Crippen molar-refractivity contribution in [3.05, 3.63) is 18.2 Å². The predicted octanol–water partition coefficient (Wildman–Crippen LogP) is 2.75. The van der Waals surface area contributed by atoms with E-state index in [1.165, 1.54) is 7.11 Å². The van der Waals surface area contributed by atoms with Crippen LogP contribution in [-0.4, -0.2) is 25.2 Å². The molecule has 1 unspecified atom stereocenters. The van der Waals surface area contributed by atoms with Gasteiger partial charge >= 0.3 is 0 Å². The van der Waals surface area contributed by atoms with Crippen molar-refractivity contribution in [1.82, 2.24) is 0 Å². The van der Waals surface area contributed by atoms with Crippen molar-refractivity contribution in [1.29, 1.82) is 0 Å². The second kappa shape index (κ2) is 8.26. The summed E-state index contributed by atoms with van der Waals surface area (Å²) in [7, 11) is 1.53. The number of benzene rings is 1. The highest BCUT2D eigenvalue weighted by molar-refractivity contribution is 5.95. The Kier molecular flexibility index (Phi) is 6.68. The molecule has 21 heavy (non-hydrogen) atoms. The van der Waals surface area contributed by atoms with Gasteiger partial charge in [0.2, 0.25) is 11.8 Å². The third kappa shape index (κ3) is 5.43. The van der Waals surface area contributed by atoms with Crippen LogP contribution in [0.4, 0.5) is 11.4 Å². The molecular formula is C15H22N2O4. The van der Waals surface area contributed by atoms with Crippen molar-refractivity contribution < 1.29 is 19.1 Å². The van der Waals surface area contributed by atoms with Crippen molar-refractivity contribution in [3.8, 4) is 5.75 Å². The summed E-state index contributed by atoms with van der Waals surface area (Å²) in [6, 6.07) is 5.07. The van der Waals surface area contributed by atoms with E-state index in [1.807, 2.05) is 0 Å². The summed E-state index contributed by atoms with van der Waals surface area (Å²) in [6.45, 7) is 5.28. The molecule has 6 heteroatoms. The third-order valence-corrected chi connectivity index (χ3v) is 2.80. The number of ether oxygens (including phenoxy) is 2. The van der Waals surface area contributed by atoms with Crippen LogP contribution in [0, 0.1) is 0 Å². The van der Waals surface area contributed by atoms with Gasteiger partial charge < -0.3 is 20.1 Å². The van der Waals surface area contributed by atoms with Gasteiger partial charge in [-0.1, -0.05) is 13.8 Å². The Morgan fingerprint density at radius 3 is 2.33 bits per heavy atom. The number of carbonyl (C=O) groups is 2. The predicted molar refractivity (Wildman–Crippen MR) is 81.4 cm³/mol. The van der Waals surface area contributed by atoms with Crippen LogP contribution >= 0.6 is 0 Å². The zero-order valence-corrected chi connectivity index (χ0v) is 12.9. The molecule has 1 aromatic rings. The highest BCUT2D eigenvalue weighted by atomic mass is 16.7. The molecule has 0 saturated heterocycles. The number of anilines is 2. The Labute approximate surface area is 124 Å². The molecule has 1 aromatic carbocycles. The van der Waals surface area contributed by atoms with Gasteiger partial charge in [0.1, 0.15) is 5.75 Å². The van der Waals surface area contributed by atoms with E-state index in [-0.39, 0.29) is 11.8 Å². The molecule has 0 bridgehead atoms. The largest absolute Gasteiger partial charge is 0.463 e. The van der Waals surface area contributed by atoms with Crippen LogP contribution in [0.2, 0.25) is 0 Å². The summed E-state index contributed by atoms with van der Waals surface area (Å²) in [4.78, 5) is 23.0. The van der Waals surface area contributed by atoms with Gasteiger partial charge in [-0.15, -0.1) is 0 Å². The maximum absolute atomic E-state index is 11.6. The third-order valence-electron chi connectivity index (χ3n) is 2.80. The lowest BCUT2D eigenvalue weighted by Crippen LogP contribution is -2.17. The van der Waals surface area contributed by atoms with Gasteiger partial charge in [0.25, 0.3) is 0 Å². The highest BCUT2D eigenvalue weighted by Crippen LogP contribution is 2.29. The second-order valence-electron chi connectivity index (χ2n) is 4.44. The molecule has 1 atom stereocenters. The van der Waals surface area contributed by atoms with E-state index >= 15 is 0 Å². The van der Waals surface area contributed by atoms with Crippen molar-refractivity contribution >= 4 is 23.2 Å². The summed E-state index contributed by atoms with van der Waals surface area (Å²) >= 11 is 0. The number of hydrogen-bond donors (Lipinski definition) is 2. The molecule has 0 radical (unpaired) electrons. The number of carbonyl (C=O) groups excluding carboxylic acids is 2. The number of amides is 2. The molecule has 1 rings (SSSR count). The van der Waals surface area contributed by atoms with Crippen molar-refractivity contribution in [2.45, 2.75) is 39.9 Å². The zero-order chi connectivity index (χ0) is 15.8. The van der Waals surface area contributed by atoms with Crippen LogP contribution < -0.4 is 15.4 Å². The summed E-state index contributed by atoms with van der Waals surface area (Å²) in [5, 5.41) is 5.49. The van der Waals surface area contributed by atoms with E-state index in [1.54, 1.807) is 39.0 Å². The average molecular weight is 294 g/mol. The lowest BCUT2D eigenvalue weighted by molar-refractivity contribution is -0.116. The SMILES string of the molecule is CCC(=O)Nc1ccc(OC(C)OC)c(NC(=O)CC)c1. The monoisotopic (exact) mass is 294 g/mol. The first-order valence-corrected chi connectivity index (χ1v) is 6.93. The molecule has 0 saturated carbocycles. The molecule has 0 aliphatic heterocycles. The van der Waals surface area contributed by atoms with Crippen LogP contribution in [0.5, 0.6) is 5.75 Å². The molecule has 0 aromatic heterocycles. The topological polar surface area (TPSA) is 76.7 Å².